The lowest BCUT2D eigenvalue weighted by molar-refractivity contribution is 0.0944. The maximum Gasteiger partial charge on any atom is 0.266 e. The average molecular weight is 380 g/mol. The Morgan fingerprint density at radius 2 is 1.04 bits per heavy atom. The average Bonchev–Trinajstić information content (AvgIpc) is 2.44. The maximum atomic E-state index is 11.7. The molecule has 0 aromatic heterocycles. The zero-order valence-corrected chi connectivity index (χ0v) is 13.9. The summed E-state index contributed by atoms with van der Waals surface area (Å²) in [7, 11) is -8.34. The molecular weight excluding hydrogens is 364 g/mol. The van der Waals surface area contributed by atoms with E-state index in [1.165, 1.54) is 24.3 Å². The van der Waals surface area contributed by atoms with Crippen LogP contribution in [0.3, 0.4) is 0 Å². The van der Waals surface area contributed by atoms with Crippen LogP contribution in [-0.4, -0.2) is 62.4 Å². The predicted octanol–water partition coefficient (Wildman–Crippen LogP) is -1.08. The van der Waals surface area contributed by atoms with Gasteiger partial charge < -0.3 is 10.6 Å². The summed E-state index contributed by atoms with van der Waals surface area (Å²) in [6.07, 6.45) is 0. The molecule has 0 saturated carbocycles. The number of hydrogen-bond acceptors (Lipinski definition) is 6. The molecule has 0 fully saturated rings. The van der Waals surface area contributed by atoms with Crippen molar-refractivity contribution in [2.45, 2.75) is 0 Å². The molecule has 0 aliphatic heterocycles. The molecule has 4 N–H and O–H groups in total. The van der Waals surface area contributed by atoms with Crippen molar-refractivity contribution in [2.24, 2.45) is 0 Å². The number of benzene rings is 1. The smallest absolute Gasteiger partial charge is 0.266 e. The normalized spacial score (nSPS) is 11.8. The van der Waals surface area contributed by atoms with Crippen LogP contribution in [0.1, 0.15) is 20.7 Å². The Balaban J connectivity index is 2.55. The molecule has 0 atom stereocenters. The first-order chi connectivity index (χ1) is 11.0. The van der Waals surface area contributed by atoms with Crippen molar-refractivity contribution in [1.29, 1.82) is 0 Å². The first-order valence-corrected chi connectivity index (χ1v) is 9.76. The number of nitrogens with one attached hydrogen (secondary N) is 2. The van der Waals surface area contributed by atoms with Crippen molar-refractivity contribution in [2.75, 3.05) is 24.6 Å². The topological polar surface area (TPSA) is 167 Å². The van der Waals surface area contributed by atoms with Crippen molar-refractivity contribution in [3.63, 3.8) is 0 Å². The summed E-state index contributed by atoms with van der Waals surface area (Å²) < 4.78 is 59.2. The van der Waals surface area contributed by atoms with Gasteiger partial charge in [-0.3, -0.25) is 18.7 Å². The second kappa shape index (κ2) is 8.19. The van der Waals surface area contributed by atoms with Gasteiger partial charge in [0, 0.05) is 24.2 Å². The molecule has 134 valence electrons. The Morgan fingerprint density at radius 1 is 0.750 bits per heavy atom. The van der Waals surface area contributed by atoms with Crippen molar-refractivity contribution < 1.29 is 35.5 Å². The minimum atomic E-state index is -4.17. The van der Waals surface area contributed by atoms with Crippen LogP contribution in [-0.2, 0) is 20.2 Å². The van der Waals surface area contributed by atoms with Crippen LogP contribution in [0.4, 0.5) is 0 Å². The van der Waals surface area contributed by atoms with Gasteiger partial charge in [-0.2, -0.15) is 16.8 Å². The standard InChI is InChI=1S/C12H16N2O8S2/c15-11(13-5-7-23(17,18)19)9-1-2-10(4-3-9)12(16)14-6-8-24(20,21)22/h1-4H,5-8H2,(H,13,15)(H,14,16)(H,17,18,19)(H,20,21,22). The maximum absolute atomic E-state index is 11.7. The van der Waals surface area contributed by atoms with E-state index < -0.39 is 43.6 Å². The highest BCUT2D eigenvalue weighted by Crippen LogP contribution is 2.04. The van der Waals surface area contributed by atoms with E-state index in [0.717, 1.165) is 0 Å². The van der Waals surface area contributed by atoms with Crippen LogP contribution in [0.15, 0.2) is 24.3 Å². The summed E-state index contributed by atoms with van der Waals surface area (Å²) in [4.78, 5) is 23.4. The molecule has 2 amide bonds. The highest BCUT2D eigenvalue weighted by molar-refractivity contribution is 7.86. The van der Waals surface area contributed by atoms with Crippen molar-refractivity contribution in [1.82, 2.24) is 10.6 Å². The Labute approximate surface area is 138 Å². The van der Waals surface area contributed by atoms with Crippen molar-refractivity contribution in [3.05, 3.63) is 35.4 Å². The lowest BCUT2D eigenvalue weighted by atomic mass is 10.1. The van der Waals surface area contributed by atoms with Crippen LogP contribution in [0.5, 0.6) is 0 Å². The fraction of sp³-hybridized carbons (Fsp3) is 0.333. The molecule has 0 aliphatic rings. The van der Waals surface area contributed by atoms with E-state index in [1.54, 1.807) is 0 Å². The summed E-state index contributed by atoms with van der Waals surface area (Å²) in [6.45, 7) is -0.537. The third kappa shape index (κ3) is 8.01. The lowest BCUT2D eigenvalue weighted by Crippen LogP contribution is -2.30. The Bertz CT molecular complexity index is 731. The van der Waals surface area contributed by atoms with Gasteiger partial charge in [-0.1, -0.05) is 0 Å². The van der Waals surface area contributed by atoms with E-state index >= 15 is 0 Å². The van der Waals surface area contributed by atoms with Gasteiger partial charge in [0.25, 0.3) is 32.1 Å². The number of hydrogen-bond donors (Lipinski definition) is 4. The number of rotatable bonds is 8. The molecule has 24 heavy (non-hydrogen) atoms. The summed E-state index contributed by atoms with van der Waals surface area (Å²) in [5, 5.41) is 4.56. The first kappa shape index (κ1) is 20.0. The minimum absolute atomic E-state index is 0.167. The first-order valence-electron chi connectivity index (χ1n) is 6.55. The molecule has 0 saturated heterocycles. The van der Waals surface area contributed by atoms with Crippen LogP contribution >= 0.6 is 0 Å². The number of amides is 2. The second-order valence-electron chi connectivity index (χ2n) is 4.66. The van der Waals surface area contributed by atoms with Gasteiger partial charge in [-0.25, -0.2) is 0 Å². The molecule has 0 radical (unpaired) electrons. The predicted molar refractivity (Wildman–Crippen MR) is 83.9 cm³/mol. The minimum Gasteiger partial charge on any atom is -0.351 e. The molecule has 0 bridgehead atoms. The van der Waals surface area contributed by atoms with Crippen molar-refractivity contribution >= 4 is 32.1 Å². The van der Waals surface area contributed by atoms with Gasteiger partial charge >= 0.3 is 0 Å². The van der Waals surface area contributed by atoms with Crippen LogP contribution in [0.2, 0.25) is 0 Å². The zero-order chi connectivity index (χ0) is 18.4. The summed E-state index contributed by atoms with van der Waals surface area (Å²) in [5.41, 5.74) is 0.333. The summed E-state index contributed by atoms with van der Waals surface area (Å²) in [5.74, 6) is -2.41. The van der Waals surface area contributed by atoms with Gasteiger partial charge in [-0.05, 0) is 24.3 Å². The SMILES string of the molecule is O=C(NCCS(=O)(=O)O)c1ccc(C(=O)NCCS(=O)(=O)O)cc1. The van der Waals surface area contributed by atoms with Crippen LogP contribution in [0, 0.1) is 0 Å². The molecule has 10 nitrogen and oxygen atoms in total. The molecule has 1 rings (SSSR count). The summed E-state index contributed by atoms with van der Waals surface area (Å²) >= 11 is 0. The quantitative estimate of drug-likeness (QED) is 0.413. The Kier molecular flexibility index (Phi) is 6.83. The fourth-order valence-electron chi connectivity index (χ4n) is 1.56. The third-order valence-corrected chi connectivity index (χ3v) is 4.14. The van der Waals surface area contributed by atoms with E-state index in [2.05, 4.69) is 10.6 Å². The Hall–Kier alpha value is -2.02. The molecule has 0 spiro atoms. The zero-order valence-electron chi connectivity index (χ0n) is 12.3. The van der Waals surface area contributed by atoms with Crippen LogP contribution < -0.4 is 10.6 Å². The Morgan fingerprint density at radius 3 is 1.29 bits per heavy atom. The lowest BCUT2D eigenvalue weighted by Gasteiger charge is -2.06. The molecule has 1 aromatic rings. The molecule has 12 heteroatoms. The van der Waals surface area contributed by atoms with Gasteiger partial charge in [0.2, 0.25) is 0 Å². The van der Waals surface area contributed by atoms with E-state index in [0.29, 0.717) is 0 Å². The number of carbonyl (C=O) groups is 2. The van der Waals surface area contributed by atoms with E-state index in [4.69, 9.17) is 9.11 Å². The van der Waals surface area contributed by atoms with Gasteiger partial charge in [0.15, 0.2) is 0 Å². The van der Waals surface area contributed by atoms with Gasteiger partial charge in [0.05, 0.1) is 11.5 Å². The van der Waals surface area contributed by atoms with Crippen LogP contribution in [0.25, 0.3) is 0 Å². The molecule has 0 unspecified atom stereocenters. The van der Waals surface area contributed by atoms with E-state index in [-0.39, 0.29) is 24.2 Å². The third-order valence-electron chi connectivity index (χ3n) is 2.70. The fourth-order valence-corrected chi connectivity index (χ4v) is 2.28. The van der Waals surface area contributed by atoms with Gasteiger partial charge in [0.1, 0.15) is 0 Å². The summed E-state index contributed by atoms with van der Waals surface area (Å²) in [6, 6.07) is 5.28. The second-order valence-corrected chi connectivity index (χ2v) is 7.81. The molecule has 0 heterocycles. The molecule has 1 aromatic carbocycles. The van der Waals surface area contributed by atoms with Gasteiger partial charge in [-0.15, -0.1) is 0 Å². The highest BCUT2D eigenvalue weighted by Gasteiger charge is 2.11. The number of carbonyl (C=O) groups excluding carboxylic acids is 2. The molecular formula is C12H16N2O8S2. The highest BCUT2D eigenvalue weighted by atomic mass is 32.2. The monoisotopic (exact) mass is 380 g/mol. The molecule has 0 aliphatic carbocycles. The van der Waals surface area contributed by atoms with Crippen molar-refractivity contribution in [3.8, 4) is 0 Å². The largest absolute Gasteiger partial charge is 0.351 e. The van der Waals surface area contributed by atoms with E-state index in [1.807, 2.05) is 0 Å². The van der Waals surface area contributed by atoms with E-state index in [9.17, 15) is 26.4 Å².